The van der Waals surface area contributed by atoms with E-state index in [0.29, 0.717) is 18.0 Å². The van der Waals surface area contributed by atoms with E-state index in [2.05, 4.69) is 5.32 Å². The van der Waals surface area contributed by atoms with E-state index in [9.17, 15) is 4.79 Å². The summed E-state index contributed by atoms with van der Waals surface area (Å²) in [6.45, 7) is 4.13. The Kier molecular flexibility index (Phi) is 5.42. The molecule has 0 atom stereocenters. The third-order valence-corrected chi connectivity index (χ3v) is 3.70. The summed E-state index contributed by atoms with van der Waals surface area (Å²) in [7, 11) is 1.50. The minimum absolute atomic E-state index is 0.347. The molecule has 2 aromatic carbocycles. The van der Waals surface area contributed by atoms with Crippen molar-refractivity contribution in [1.29, 1.82) is 5.41 Å². The number of guanidine groups is 1. The number of rotatable bonds is 4. The molecular formula is C18H22N4O2. The molecule has 0 unspecified atom stereocenters. The van der Waals surface area contributed by atoms with Crippen molar-refractivity contribution in [2.24, 2.45) is 5.73 Å². The first-order chi connectivity index (χ1) is 11.5. The smallest absolute Gasteiger partial charge is 0.328 e. The molecule has 6 heteroatoms. The molecule has 0 spiro atoms. The van der Waals surface area contributed by atoms with Crippen LogP contribution >= 0.6 is 0 Å². The lowest BCUT2D eigenvalue weighted by atomic mass is 10.1. The lowest BCUT2D eigenvalue weighted by Crippen LogP contribution is -2.46. The van der Waals surface area contributed by atoms with Gasteiger partial charge in [-0.2, -0.15) is 0 Å². The number of urea groups is 1. The van der Waals surface area contributed by atoms with Gasteiger partial charge in [-0.15, -0.1) is 0 Å². The Morgan fingerprint density at radius 3 is 2.46 bits per heavy atom. The van der Waals surface area contributed by atoms with Crippen LogP contribution in [0.2, 0.25) is 0 Å². The van der Waals surface area contributed by atoms with E-state index in [0.717, 1.165) is 21.6 Å². The second kappa shape index (κ2) is 7.50. The van der Waals surface area contributed by atoms with Crippen molar-refractivity contribution in [1.82, 2.24) is 5.32 Å². The second-order valence-electron chi connectivity index (χ2n) is 5.40. The Labute approximate surface area is 141 Å². The van der Waals surface area contributed by atoms with E-state index in [1.54, 1.807) is 0 Å². The number of carbonyl (C=O) groups is 1. The van der Waals surface area contributed by atoms with Crippen molar-refractivity contribution < 1.29 is 9.53 Å². The number of aryl methyl sites for hydroxylation is 1. The van der Waals surface area contributed by atoms with Crippen LogP contribution in [0.25, 0.3) is 0 Å². The molecule has 24 heavy (non-hydrogen) atoms. The molecule has 0 aliphatic carbocycles. The van der Waals surface area contributed by atoms with Gasteiger partial charge in [-0.25, -0.2) is 9.69 Å². The lowest BCUT2D eigenvalue weighted by Gasteiger charge is -2.25. The van der Waals surface area contributed by atoms with Crippen molar-refractivity contribution in [3.8, 4) is 5.75 Å². The van der Waals surface area contributed by atoms with Gasteiger partial charge in [0, 0.05) is 12.6 Å². The number of ether oxygens (including phenoxy) is 1. The fourth-order valence-electron chi connectivity index (χ4n) is 2.50. The maximum absolute atomic E-state index is 12.1. The molecule has 0 aliphatic rings. The van der Waals surface area contributed by atoms with Gasteiger partial charge in [0.05, 0.1) is 5.69 Å². The van der Waals surface area contributed by atoms with Crippen molar-refractivity contribution in [2.75, 3.05) is 11.9 Å². The van der Waals surface area contributed by atoms with Crippen LogP contribution in [0.5, 0.6) is 5.75 Å². The highest BCUT2D eigenvalue weighted by molar-refractivity contribution is 6.14. The number of anilines is 1. The highest BCUT2D eigenvalue weighted by Gasteiger charge is 2.23. The molecule has 2 rings (SSSR count). The van der Waals surface area contributed by atoms with E-state index in [1.165, 1.54) is 7.05 Å². The molecule has 6 nitrogen and oxygen atoms in total. The summed E-state index contributed by atoms with van der Waals surface area (Å²) in [5, 5.41) is 10.2. The van der Waals surface area contributed by atoms with Gasteiger partial charge in [0.25, 0.3) is 0 Å². The van der Waals surface area contributed by atoms with Crippen LogP contribution in [0.4, 0.5) is 10.5 Å². The van der Waals surface area contributed by atoms with Crippen LogP contribution in [0.1, 0.15) is 16.7 Å². The number of benzene rings is 2. The number of carbonyl (C=O) groups excluding carboxylic acids is 1. The maximum Gasteiger partial charge on any atom is 0.328 e. The molecule has 4 N–H and O–H groups in total. The number of nitrogens with one attached hydrogen (secondary N) is 2. The van der Waals surface area contributed by atoms with E-state index in [-0.39, 0.29) is 5.96 Å². The van der Waals surface area contributed by atoms with Gasteiger partial charge in [-0.05, 0) is 31.0 Å². The number of nitrogens with two attached hydrogens (primary N) is 1. The van der Waals surface area contributed by atoms with Crippen LogP contribution in [-0.4, -0.2) is 19.0 Å². The van der Waals surface area contributed by atoms with E-state index < -0.39 is 6.03 Å². The zero-order valence-corrected chi connectivity index (χ0v) is 14.1. The Morgan fingerprint density at radius 1 is 1.21 bits per heavy atom. The first-order valence-electron chi connectivity index (χ1n) is 7.58. The molecule has 0 bridgehead atoms. The highest BCUT2D eigenvalue weighted by atomic mass is 16.5. The zero-order chi connectivity index (χ0) is 17.7. The normalized spacial score (nSPS) is 10.1. The van der Waals surface area contributed by atoms with Crippen LogP contribution in [0.3, 0.4) is 0 Å². The molecular weight excluding hydrogens is 304 g/mol. The van der Waals surface area contributed by atoms with Gasteiger partial charge in [-0.3, -0.25) is 5.41 Å². The topological polar surface area (TPSA) is 91.4 Å². The molecule has 0 heterocycles. The van der Waals surface area contributed by atoms with Gasteiger partial charge < -0.3 is 15.8 Å². The van der Waals surface area contributed by atoms with Crippen molar-refractivity contribution >= 4 is 17.7 Å². The van der Waals surface area contributed by atoms with E-state index in [1.807, 2.05) is 56.3 Å². The molecule has 0 aromatic heterocycles. The Balaban J connectivity index is 2.35. The third-order valence-electron chi connectivity index (χ3n) is 3.70. The molecule has 0 radical (unpaired) electrons. The summed E-state index contributed by atoms with van der Waals surface area (Å²) >= 11 is 0. The van der Waals surface area contributed by atoms with Crippen molar-refractivity contribution in [3.63, 3.8) is 0 Å². The highest BCUT2D eigenvalue weighted by Crippen LogP contribution is 2.32. The fourth-order valence-corrected chi connectivity index (χ4v) is 2.50. The number of hydrogen-bond donors (Lipinski definition) is 3. The standard InChI is InChI=1S/C18H22N4O2/c1-12-9-10-15(24-11-14-7-5-4-6-8-14)13(2)16(12)22(17(19)20)18(23)21-3/h4-10H,11H2,1-3H3,(H3,19,20)(H,21,23). The lowest BCUT2D eigenvalue weighted by molar-refractivity contribution is 0.250. The third kappa shape index (κ3) is 3.65. The minimum Gasteiger partial charge on any atom is -0.489 e. The monoisotopic (exact) mass is 326 g/mol. The molecule has 0 saturated heterocycles. The van der Waals surface area contributed by atoms with Crippen molar-refractivity contribution in [2.45, 2.75) is 20.5 Å². The fraction of sp³-hybridized carbons (Fsp3) is 0.222. The SMILES string of the molecule is CNC(=O)N(C(=N)N)c1c(C)ccc(OCc2ccccc2)c1C. The summed E-state index contributed by atoms with van der Waals surface area (Å²) in [6, 6.07) is 13.1. The zero-order valence-electron chi connectivity index (χ0n) is 14.1. The van der Waals surface area contributed by atoms with E-state index in [4.69, 9.17) is 15.9 Å². The average molecular weight is 326 g/mol. The van der Waals surface area contributed by atoms with Crippen LogP contribution in [-0.2, 0) is 6.61 Å². The molecule has 0 aliphatic heterocycles. The molecule has 0 fully saturated rings. The number of amides is 2. The largest absolute Gasteiger partial charge is 0.489 e. The molecule has 2 amide bonds. The predicted molar refractivity (Wildman–Crippen MR) is 95.5 cm³/mol. The second-order valence-corrected chi connectivity index (χ2v) is 5.40. The predicted octanol–water partition coefficient (Wildman–Crippen LogP) is 2.92. The van der Waals surface area contributed by atoms with E-state index >= 15 is 0 Å². The Morgan fingerprint density at radius 2 is 1.88 bits per heavy atom. The van der Waals surface area contributed by atoms with Crippen LogP contribution < -0.4 is 20.7 Å². The van der Waals surface area contributed by atoms with Crippen LogP contribution in [0.15, 0.2) is 42.5 Å². The van der Waals surface area contributed by atoms with Gasteiger partial charge in [-0.1, -0.05) is 36.4 Å². The quantitative estimate of drug-likeness (QED) is 0.596. The molecule has 2 aromatic rings. The number of nitrogens with zero attached hydrogens (tertiary/aromatic N) is 1. The molecule has 0 saturated carbocycles. The first kappa shape index (κ1) is 17.3. The maximum atomic E-state index is 12.1. The van der Waals surface area contributed by atoms with Gasteiger partial charge in [0.2, 0.25) is 5.96 Å². The summed E-state index contributed by atoms with van der Waals surface area (Å²) in [5.74, 6) is 0.301. The van der Waals surface area contributed by atoms with Crippen LogP contribution in [0, 0.1) is 19.3 Å². The average Bonchev–Trinajstić information content (AvgIpc) is 2.57. The summed E-state index contributed by atoms with van der Waals surface area (Å²) in [6.07, 6.45) is 0. The molecule has 126 valence electrons. The summed E-state index contributed by atoms with van der Waals surface area (Å²) < 4.78 is 5.89. The summed E-state index contributed by atoms with van der Waals surface area (Å²) in [4.78, 5) is 13.2. The Hall–Kier alpha value is -3.02. The van der Waals surface area contributed by atoms with Gasteiger partial charge in [0.1, 0.15) is 12.4 Å². The first-order valence-corrected chi connectivity index (χ1v) is 7.58. The van der Waals surface area contributed by atoms with Gasteiger partial charge in [0.15, 0.2) is 0 Å². The summed E-state index contributed by atoms with van der Waals surface area (Å²) in [5.41, 5.74) is 8.80. The number of hydrogen-bond acceptors (Lipinski definition) is 3. The van der Waals surface area contributed by atoms with Crippen molar-refractivity contribution in [3.05, 3.63) is 59.2 Å². The Bertz CT molecular complexity index is 744. The van der Waals surface area contributed by atoms with Gasteiger partial charge >= 0.3 is 6.03 Å². The minimum atomic E-state index is -0.464.